The maximum Gasteiger partial charge on any atom is 0.323 e. The molecule has 0 unspecified atom stereocenters. The zero-order valence-electron chi connectivity index (χ0n) is 18.0. The lowest BCUT2D eigenvalue weighted by molar-refractivity contribution is 0.209. The highest BCUT2D eigenvalue weighted by Gasteiger charge is 2.26. The number of hydrogen-bond acceptors (Lipinski definition) is 6. The SMILES string of the molecule is CCN1Cc2c(Oc3ccc(CS(=O)(=O)c4ccc(OC)cc4)cc3F)ccnc2NC1=O. The molecule has 33 heavy (non-hydrogen) atoms. The van der Waals surface area contributed by atoms with Crippen LogP contribution in [0.2, 0.25) is 0 Å². The highest BCUT2D eigenvalue weighted by molar-refractivity contribution is 7.90. The second-order valence-electron chi connectivity index (χ2n) is 7.38. The lowest BCUT2D eigenvalue weighted by Crippen LogP contribution is -2.38. The van der Waals surface area contributed by atoms with Crippen LogP contribution in [0.15, 0.2) is 59.6 Å². The van der Waals surface area contributed by atoms with Crippen LogP contribution in [0, 0.1) is 5.82 Å². The van der Waals surface area contributed by atoms with Crippen LogP contribution in [0.1, 0.15) is 18.1 Å². The van der Waals surface area contributed by atoms with Crippen LogP contribution in [0.5, 0.6) is 17.2 Å². The molecule has 0 bridgehead atoms. The Kier molecular flexibility index (Phi) is 6.19. The third-order valence-corrected chi connectivity index (χ3v) is 6.95. The van der Waals surface area contributed by atoms with Crippen molar-refractivity contribution in [3.8, 4) is 17.2 Å². The summed E-state index contributed by atoms with van der Waals surface area (Å²) < 4.78 is 51.0. The Bertz CT molecular complexity index is 1300. The lowest BCUT2D eigenvalue weighted by Gasteiger charge is -2.28. The monoisotopic (exact) mass is 471 g/mol. The first-order chi connectivity index (χ1) is 15.8. The Balaban J connectivity index is 1.54. The number of amides is 2. The van der Waals surface area contributed by atoms with Crippen molar-refractivity contribution in [3.05, 3.63) is 71.7 Å². The first-order valence-corrected chi connectivity index (χ1v) is 11.8. The number of aromatic nitrogens is 1. The number of urea groups is 1. The zero-order chi connectivity index (χ0) is 23.6. The molecular formula is C23H22FN3O5S. The fourth-order valence-electron chi connectivity index (χ4n) is 3.45. The van der Waals surface area contributed by atoms with Gasteiger partial charge < -0.3 is 14.4 Å². The van der Waals surface area contributed by atoms with Gasteiger partial charge >= 0.3 is 6.03 Å². The van der Waals surface area contributed by atoms with Crippen LogP contribution in [-0.4, -0.2) is 38.0 Å². The number of fused-ring (bicyclic) bond motifs is 1. The van der Waals surface area contributed by atoms with Crippen molar-refractivity contribution < 1.29 is 27.1 Å². The second kappa shape index (κ2) is 9.07. The number of pyridine rings is 1. The molecule has 0 saturated heterocycles. The quantitative estimate of drug-likeness (QED) is 0.550. The van der Waals surface area contributed by atoms with Gasteiger partial charge in [0.2, 0.25) is 0 Å². The summed E-state index contributed by atoms with van der Waals surface area (Å²) in [5.74, 6) is 0.143. The summed E-state index contributed by atoms with van der Waals surface area (Å²) in [4.78, 5) is 17.9. The number of carbonyl (C=O) groups excluding carboxylic acids is 1. The fourth-order valence-corrected chi connectivity index (χ4v) is 4.79. The van der Waals surface area contributed by atoms with Crippen molar-refractivity contribution in [1.29, 1.82) is 0 Å². The first kappa shape index (κ1) is 22.5. The van der Waals surface area contributed by atoms with Crippen molar-refractivity contribution in [3.63, 3.8) is 0 Å². The summed E-state index contributed by atoms with van der Waals surface area (Å²) in [5.41, 5.74) is 0.918. The number of carbonyl (C=O) groups is 1. The molecule has 1 aromatic heterocycles. The molecule has 1 N–H and O–H groups in total. The number of hydrogen-bond donors (Lipinski definition) is 1. The molecule has 0 spiro atoms. The maximum atomic E-state index is 14.8. The van der Waals surface area contributed by atoms with Crippen LogP contribution in [0.25, 0.3) is 0 Å². The molecule has 2 heterocycles. The molecule has 2 amide bonds. The third-order valence-electron chi connectivity index (χ3n) is 5.25. The van der Waals surface area contributed by atoms with E-state index in [1.54, 1.807) is 23.1 Å². The summed E-state index contributed by atoms with van der Waals surface area (Å²) in [6.07, 6.45) is 1.46. The number of nitrogens with zero attached hydrogens (tertiary/aromatic N) is 2. The van der Waals surface area contributed by atoms with Crippen molar-refractivity contribution in [2.75, 3.05) is 19.0 Å². The summed E-state index contributed by atoms with van der Waals surface area (Å²) >= 11 is 0. The molecule has 1 aliphatic heterocycles. The molecule has 2 aromatic carbocycles. The first-order valence-electron chi connectivity index (χ1n) is 10.2. The van der Waals surface area contributed by atoms with Crippen molar-refractivity contribution in [2.45, 2.75) is 24.1 Å². The number of methoxy groups -OCH3 is 1. The molecule has 3 aromatic rings. The summed E-state index contributed by atoms with van der Waals surface area (Å²) in [7, 11) is -2.18. The van der Waals surface area contributed by atoms with Gasteiger partial charge in [0.15, 0.2) is 21.4 Å². The molecule has 8 nitrogen and oxygen atoms in total. The Hall–Kier alpha value is -3.66. The molecule has 1 aliphatic rings. The number of halogens is 1. The van der Waals surface area contributed by atoms with Gasteiger partial charge in [-0.15, -0.1) is 0 Å². The van der Waals surface area contributed by atoms with Gasteiger partial charge in [0.1, 0.15) is 17.3 Å². The summed E-state index contributed by atoms with van der Waals surface area (Å²) in [5, 5.41) is 2.69. The number of sulfone groups is 1. The number of nitrogens with one attached hydrogen (secondary N) is 1. The Morgan fingerprint density at radius 2 is 1.88 bits per heavy atom. The lowest BCUT2D eigenvalue weighted by atomic mass is 10.2. The molecule has 10 heteroatoms. The minimum Gasteiger partial charge on any atom is -0.497 e. The average Bonchev–Trinajstić information content (AvgIpc) is 2.80. The van der Waals surface area contributed by atoms with Crippen LogP contribution in [0.4, 0.5) is 15.0 Å². The second-order valence-corrected chi connectivity index (χ2v) is 9.37. The van der Waals surface area contributed by atoms with Crippen LogP contribution in [-0.2, 0) is 22.1 Å². The van der Waals surface area contributed by atoms with E-state index in [-0.39, 0.29) is 34.5 Å². The molecular weight excluding hydrogens is 449 g/mol. The van der Waals surface area contributed by atoms with E-state index in [0.717, 1.165) is 6.07 Å². The van der Waals surface area contributed by atoms with Crippen molar-refractivity contribution >= 4 is 21.7 Å². The van der Waals surface area contributed by atoms with E-state index >= 15 is 0 Å². The third kappa shape index (κ3) is 4.75. The largest absolute Gasteiger partial charge is 0.497 e. The van der Waals surface area contributed by atoms with Gasteiger partial charge in [-0.3, -0.25) is 5.32 Å². The highest BCUT2D eigenvalue weighted by Crippen LogP contribution is 2.34. The van der Waals surface area contributed by atoms with E-state index in [1.807, 2.05) is 6.92 Å². The minimum atomic E-state index is -3.67. The molecule has 0 aliphatic carbocycles. The van der Waals surface area contributed by atoms with Gasteiger partial charge in [-0.2, -0.15) is 0 Å². The number of anilines is 1. The zero-order valence-corrected chi connectivity index (χ0v) is 18.9. The van der Waals surface area contributed by atoms with Crippen LogP contribution < -0.4 is 14.8 Å². The molecule has 0 radical (unpaired) electrons. The number of benzene rings is 2. The smallest absolute Gasteiger partial charge is 0.323 e. The predicted molar refractivity (Wildman–Crippen MR) is 120 cm³/mol. The summed E-state index contributed by atoms with van der Waals surface area (Å²) in [6, 6.07) is 11.4. The number of ether oxygens (including phenoxy) is 2. The van der Waals surface area contributed by atoms with E-state index in [2.05, 4.69) is 10.3 Å². The van der Waals surface area contributed by atoms with E-state index < -0.39 is 15.7 Å². The molecule has 4 rings (SSSR count). The molecule has 172 valence electrons. The highest BCUT2D eigenvalue weighted by atomic mass is 32.2. The van der Waals surface area contributed by atoms with Crippen molar-refractivity contribution in [2.24, 2.45) is 0 Å². The standard InChI is InChI=1S/C23H22FN3O5S/c1-3-27-13-18-20(10-11-25-22(18)26-23(27)28)32-21-9-4-15(12-19(21)24)14-33(29,30)17-7-5-16(31-2)6-8-17/h4-12H,3,13-14H2,1-2H3,(H,25,26,28). The topological polar surface area (TPSA) is 97.8 Å². The minimum absolute atomic E-state index is 0.0612. The van der Waals surface area contributed by atoms with Crippen LogP contribution in [0.3, 0.4) is 0 Å². The Labute approximate surface area is 190 Å². The van der Waals surface area contributed by atoms with Gasteiger partial charge in [0.25, 0.3) is 0 Å². The van der Waals surface area contributed by atoms with E-state index in [9.17, 15) is 17.6 Å². The predicted octanol–water partition coefficient (Wildman–Crippen LogP) is 4.36. The van der Waals surface area contributed by atoms with E-state index in [4.69, 9.17) is 9.47 Å². The van der Waals surface area contributed by atoms with E-state index in [1.165, 1.54) is 37.6 Å². The molecule has 0 saturated carbocycles. The molecule has 0 fully saturated rings. The van der Waals surface area contributed by atoms with Gasteiger partial charge in [-0.05, 0) is 55.0 Å². The maximum absolute atomic E-state index is 14.8. The van der Waals surface area contributed by atoms with Gasteiger partial charge in [-0.1, -0.05) is 6.07 Å². The van der Waals surface area contributed by atoms with Crippen molar-refractivity contribution in [1.82, 2.24) is 9.88 Å². The van der Waals surface area contributed by atoms with Gasteiger partial charge in [-0.25, -0.2) is 22.6 Å². The number of rotatable bonds is 7. The molecule has 0 atom stereocenters. The summed E-state index contributed by atoms with van der Waals surface area (Å²) in [6.45, 7) is 2.62. The Morgan fingerprint density at radius 3 is 2.55 bits per heavy atom. The Morgan fingerprint density at radius 1 is 1.12 bits per heavy atom. The average molecular weight is 472 g/mol. The van der Waals surface area contributed by atoms with Crippen LogP contribution >= 0.6 is 0 Å². The van der Waals surface area contributed by atoms with E-state index in [0.29, 0.717) is 29.4 Å². The normalized spacial score (nSPS) is 13.3. The van der Waals surface area contributed by atoms with Gasteiger partial charge in [0, 0.05) is 12.7 Å². The fraction of sp³-hybridized carbons (Fsp3) is 0.217. The van der Waals surface area contributed by atoms with Gasteiger partial charge in [0.05, 0.1) is 29.9 Å².